The van der Waals surface area contributed by atoms with E-state index in [1.807, 2.05) is 11.4 Å². The first kappa shape index (κ1) is 21.1. The Morgan fingerprint density at radius 2 is 1.84 bits per heavy atom. The van der Waals surface area contributed by atoms with Crippen LogP contribution in [0.25, 0.3) is 5.69 Å². The number of aromatic nitrogens is 3. The number of para-hydroxylation sites is 1. The van der Waals surface area contributed by atoms with Crippen molar-refractivity contribution in [2.75, 3.05) is 12.9 Å². The minimum atomic E-state index is -0.417. The van der Waals surface area contributed by atoms with E-state index in [4.69, 9.17) is 9.47 Å². The summed E-state index contributed by atoms with van der Waals surface area (Å²) in [5, 5.41) is 10.7. The maximum atomic E-state index is 14.6. The molecule has 0 saturated carbocycles. The van der Waals surface area contributed by atoms with E-state index < -0.39 is 5.82 Å². The molecule has 0 saturated heterocycles. The number of thioether (sulfide) groups is 1. The fraction of sp³-hybridized carbons (Fsp3) is 0.136. The normalized spacial score (nSPS) is 10.8. The number of ketones is 1. The summed E-state index contributed by atoms with van der Waals surface area (Å²) in [6.45, 7) is 0.0765. The van der Waals surface area contributed by atoms with Crippen molar-refractivity contribution in [1.29, 1.82) is 0 Å². The third-order valence-electron chi connectivity index (χ3n) is 4.35. The number of nitrogens with zero attached hydrogens (tertiary/aromatic N) is 3. The van der Waals surface area contributed by atoms with Crippen molar-refractivity contribution < 1.29 is 18.7 Å². The average Bonchev–Trinajstić information content (AvgIpc) is 3.47. The van der Waals surface area contributed by atoms with Crippen molar-refractivity contribution >= 4 is 28.9 Å². The van der Waals surface area contributed by atoms with Crippen LogP contribution in [-0.4, -0.2) is 33.4 Å². The Balaban J connectivity index is 1.57. The summed E-state index contributed by atoms with van der Waals surface area (Å²) in [7, 11) is 1.59. The molecule has 0 unspecified atom stereocenters. The highest BCUT2D eigenvalue weighted by Crippen LogP contribution is 2.26. The van der Waals surface area contributed by atoms with Crippen LogP contribution in [0.15, 0.2) is 71.2 Å². The number of benzene rings is 2. The Labute approximate surface area is 186 Å². The van der Waals surface area contributed by atoms with Gasteiger partial charge in [0.05, 0.1) is 23.4 Å². The maximum Gasteiger partial charge on any atom is 0.196 e. The van der Waals surface area contributed by atoms with Crippen molar-refractivity contribution in [3.63, 3.8) is 0 Å². The van der Waals surface area contributed by atoms with Crippen LogP contribution in [0.2, 0.25) is 0 Å². The molecule has 0 spiro atoms. The second kappa shape index (κ2) is 9.76. The van der Waals surface area contributed by atoms with Crippen molar-refractivity contribution in [2.45, 2.75) is 11.8 Å². The highest BCUT2D eigenvalue weighted by Gasteiger charge is 2.19. The molecule has 2 aromatic carbocycles. The smallest absolute Gasteiger partial charge is 0.196 e. The third kappa shape index (κ3) is 4.95. The van der Waals surface area contributed by atoms with E-state index in [0.29, 0.717) is 27.3 Å². The van der Waals surface area contributed by atoms with Crippen molar-refractivity contribution in [2.24, 2.45) is 0 Å². The first-order valence-corrected chi connectivity index (χ1v) is 11.2. The van der Waals surface area contributed by atoms with Gasteiger partial charge >= 0.3 is 0 Å². The van der Waals surface area contributed by atoms with Gasteiger partial charge in [-0.15, -0.1) is 21.5 Å². The number of carbonyl (C=O) groups is 1. The fourth-order valence-corrected chi connectivity index (χ4v) is 4.42. The topological polar surface area (TPSA) is 66.2 Å². The van der Waals surface area contributed by atoms with Crippen LogP contribution in [0.4, 0.5) is 4.39 Å². The standard InChI is InChI=1S/C22H18FN3O3S2/c1-28-15-8-10-16(11-9-15)29-13-21-24-25-22(26(21)18-6-3-2-5-17(18)23)31-14-19(27)20-7-4-12-30-20/h2-12H,13-14H2,1H3. The quantitative estimate of drug-likeness (QED) is 0.261. The van der Waals surface area contributed by atoms with Crippen molar-refractivity contribution in [3.05, 3.63) is 82.6 Å². The van der Waals surface area contributed by atoms with Gasteiger partial charge in [-0.25, -0.2) is 4.39 Å². The van der Waals surface area contributed by atoms with Crippen LogP contribution in [0, 0.1) is 5.82 Å². The maximum absolute atomic E-state index is 14.6. The fourth-order valence-electron chi connectivity index (χ4n) is 2.82. The molecule has 9 heteroatoms. The summed E-state index contributed by atoms with van der Waals surface area (Å²) in [6.07, 6.45) is 0. The molecule has 0 bridgehead atoms. The number of carbonyl (C=O) groups excluding carboxylic acids is 1. The van der Waals surface area contributed by atoms with E-state index in [-0.39, 0.29) is 18.1 Å². The van der Waals surface area contributed by atoms with Gasteiger partial charge in [-0.2, -0.15) is 0 Å². The van der Waals surface area contributed by atoms with Crippen LogP contribution >= 0.6 is 23.1 Å². The average molecular weight is 456 g/mol. The molecule has 0 aliphatic carbocycles. The summed E-state index contributed by atoms with van der Waals surface area (Å²) in [5.41, 5.74) is 0.298. The van der Waals surface area contributed by atoms with Gasteiger partial charge in [0.1, 0.15) is 23.9 Å². The number of rotatable bonds is 9. The van der Waals surface area contributed by atoms with E-state index in [9.17, 15) is 9.18 Å². The lowest BCUT2D eigenvalue weighted by Crippen LogP contribution is -2.09. The minimum Gasteiger partial charge on any atom is -0.497 e. The van der Waals surface area contributed by atoms with E-state index in [2.05, 4.69) is 10.2 Å². The Hall–Kier alpha value is -3.17. The Bertz CT molecular complexity index is 1160. The predicted octanol–water partition coefficient (Wildman–Crippen LogP) is 5.03. The van der Waals surface area contributed by atoms with Crippen molar-refractivity contribution in [1.82, 2.24) is 14.8 Å². The molecule has 0 radical (unpaired) electrons. The van der Waals surface area contributed by atoms with E-state index in [1.165, 1.54) is 29.2 Å². The summed E-state index contributed by atoms with van der Waals surface area (Å²) in [4.78, 5) is 13.1. The molecular formula is C22H18FN3O3S2. The summed E-state index contributed by atoms with van der Waals surface area (Å²) < 4.78 is 27.1. The number of thiophene rings is 1. The predicted molar refractivity (Wildman–Crippen MR) is 118 cm³/mol. The molecule has 2 aromatic heterocycles. The lowest BCUT2D eigenvalue weighted by Gasteiger charge is -2.12. The van der Waals surface area contributed by atoms with Gasteiger partial charge in [0.2, 0.25) is 0 Å². The Morgan fingerprint density at radius 1 is 1.06 bits per heavy atom. The van der Waals surface area contributed by atoms with E-state index in [0.717, 1.165) is 5.75 Å². The first-order valence-electron chi connectivity index (χ1n) is 9.31. The Morgan fingerprint density at radius 3 is 2.55 bits per heavy atom. The molecule has 31 heavy (non-hydrogen) atoms. The zero-order valence-electron chi connectivity index (χ0n) is 16.5. The lowest BCUT2D eigenvalue weighted by atomic mass is 10.3. The second-order valence-electron chi connectivity index (χ2n) is 6.34. The molecular weight excluding hydrogens is 437 g/mol. The molecule has 158 valence electrons. The van der Waals surface area contributed by atoms with Gasteiger partial charge in [0, 0.05) is 0 Å². The van der Waals surface area contributed by atoms with Crippen LogP contribution in [-0.2, 0) is 6.61 Å². The van der Waals surface area contributed by atoms with Gasteiger partial charge in [-0.1, -0.05) is 30.0 Å². The van der Waals surface area contributed by atoms with Gasteiger partial charge in [0.15, 0.2) is 16.8 Å². The van der Waals surface area contributed by atoms with Gasteiger partial charge < -0.3 is 9.47 Å². The molecule has 6 nitrogen and oxygen atoms in total. The highest BCUT2D eigenvalue weighted by atomic mass is 32.2. The number of Topliss-reactive ketones (excluding diaryl/α,β-unsaturated/α-hetero) is 1. The zero-order chi connectivity index (χ0) is 21.6. The number of halogens is 1. The summed E-state index contributed by atoms with van der Waals surface area (Å²) in [5.74, 6) is 1.50. The zero-order valence-corrected chi connectivity index (χ0v) is 18.2. The first-order chi connectivity index (χ1) is 15.2. The van der Waals surface area contributed by atoms with E-state index >= 15 is 0 Å². The van der Waals surface area contributed by atoms with Crippen LogP contribution in [0.1, 0.15) is 15.5 Å². The molecule has 2 heterocycles. The second-order valence-corrected chi connectivity index (χ2v) is 8.23. The lowest BCUT2D eigenvalue weighted by molar-refractivity contribution is 0.102. The number of methoxy groups -OCH3 is 1. The van der Waals surface area contributed by atoms with Gasteiger partial charge in [-0.05, 0) is 47.8 Å². The van der Waals surface area contributed by atoms with Gasteiger partial charge in [0.25, 0.3) is 0 Å². The van der Waals surface area contributed by atoms with E-state index in [1.54, 1.807) is 60.2 Å². The van der Waals surface area contributed by atoms with Crippen LogP contribution in [0.5, 0.6) is 11.5 Å². The minimum absolute atomic E-state index is 0.0147. The molecule has 0 fully saturated rings. The molecule has 0 amide bonds. The summed E-state index contributed by atoms with van der Waals surface area (Å²) >= 11 is 2.60. The van der Waals surface area contributed by atoms with Crippen molar-refractivity contribution in [3.8, 4) is 17.2 Å². The molecule has 0 N–H and O–H groups in total. The number of hydrogen-bond acceptors (Lipinski definition) is 7. The van der Waals surface area contributed by atoms with Gasteiger partial charge in [-0.3, -0.25) is 9.36 Å². The molecule has 0 aliphatic rings. The summed E-state index contributed by atoms with van der Waals surface area (Å²) in [6, 6.07) is 17.1. The number of ether oxygens (including phenoxy) is 2. The SMILES string of the molecule is COc1ccc(OCc2nnc(SCC(=O)c3cccs3)n2-c2ccccc2F)cc1. The van der Waals surface area contributed by atoms with Crippen LogP contribution in [0.3, 0.4) is 0 Å². The molecule has 0 atom stereocenters. The molecule has 0 aliphatic heterocycles. The third-order valence-corrected chi connectivity index (χ3v) is 6.19. The van der Waals surface area contributed by atoms with Crippen LogP contribution < -0.4 is 9.47 Å². The Kier molecular flexibility index (Phi) is 6.63. The molecule has 4 aromatic rings. The highest BCUT2D eigenvalue weighted by molar-refractivity contribution is 7.99. The molecule has 4 rings (SSSR count). The monoisotopic (exact) mass is 455 g/mol. The number of hydrogen-bond donors (Lipinski definition) is 0. The largest absolute Gasteiger partial charge is 0.497 e.